The minimum Gasteiger partial charge on any atom is -0.461 e. The van der Waals surface area contributed by atoms with Crippen molar-refractivity contribution in [2.45, 2.75) is 17.7 Å². The fraction of sp³-hybridized carbons (Fsp3) is 0.500. The van der Waals surface area contributed by atoms with Crippen LogP contribution in [0.1, 0.15) is 12.8 Å². The summed E-state index contributed by atoms with van der Waals surface area (Å²) in [5, 5.41) is 8.23. The SMILES string of the molecule is C=CCOC(=O)C(Br)CCC#N. The molecule has 0 rings (SSSR count). The molecule has 12 heavy (non-hydrogen) atoms. The van der Waals surface area contributed by atoms with E-state index in [0.29, 0.717) is 12.8 Å². The molecule has 0 aliphatic rings. The molecule has 0 amide bonds. The Morgan fingerprint density at radius 3 is 3.00 bits per heavy atom. The number of alkyl halides is 1. The Balaban J connectivity index is 3.62. The van der Waals surface area contributed by atoms with Crippen molar-refractivity contribution in [1.29, 1.82) is 5.26 Å². The van der Waals surface area contributed by atoms with Crippen LogP contribution in [0.5, 0.6) is 0 Å². The first-order chi connectivity index (χ1) is 5.72. The van der Waals surface area contributed by atoms with Crippen LogP contribution < -0.4 is 0 Å². The molecule has 0 spiro atoms. The Labute approximate surface area is 80.1 Å². The van der Waals surface area contributed by atoms with Crippen molar-refractivity contribution in [3.05, 3.63) is 12.7 Å². The van der Waals surface area contributed by atoms with Crippen molar-refractivity contribution < 1.29 is 9.53 Å². The fourth-order valence-corrected chi connectivity index (χ4v) is 0.902. The maximum atomic E-state index is 11.0. The molecule has 0 aliphatic heterocycles. The van der Waals surface area contributed by atoms with Crippen molar-refractivity contribution >= 4 is 21.9 Å². The summed E-state index contributed by atoms with van der Waals surface area (Å²) in [4.78, 5) is 10.6. The molecule has 0 aliphatic carbocycles. The van der Waals surface area contributed by atoms with E-state index in [9.17, 15) is 4.79 Å². The minimum absolute atomic E-state index is 0.216. The van der Waals surface area contributed by atoms with Crippen LogP contribution in [-0.4, -0.2) is 17.4 Å². The Hall–Kier alpha value is -0.820. The largest absolute Gasteiger partial charge is 0.461 e. The van der Waals surface area contributed by atoms with Crippen LogP contribution in [0.4, 0.5) is 0 Å². The van der Waals surface area contributed by atoms with E-state index in [1.165, 1.54) is 6.08 Å². The van der Waals surface area contributed by atoms with Crippen molar-refractivity contribution in [3.63, 3.8) is 0 Å². The predicted molar refractivity (Wildman–Crippen MR) is 48.7 cm³/mol. The third-order valence-electron chi connectivity index (χ3n) is 1.11. The van der Waals surface area contributed by atoms with Crippen molar-refractivity contribution in [2.24, 2.45) is 0 Å². The van der Waals surface area contributed by atoms with Gasteiger partial charge >= 0.3 is 5.97 Å². The minimum atomic E-state index is -0.378. The second-order valence-corrected chi connectivity index (χ2v) is 3.19. The molecule has 0 saturated carbocycles. The van der Waals surface area contributed by atoms with Gasteiger partial charge in [0.15, 0.2) is 0 Å². The highest BCUT2D eigenvalue weighted by Gasteiger charge is 2.14. The lowest BCUT2D eigenvalue weighted by Crippen LogP contribution is -2.17. The summed E-state index contributed by atoms with van der Waals surface area (Å²) >= 11 is 3.11. The second-order valence-electron chi connectivity index (χ2n) is 2.08. The summed E-state index contributed by atoms with van der Waals surface area (Å²) in [5.74, 6) is -0.342. The zero-order valence-corrected chi connectivity index (χ0v) is 8.21. The van der Waals surface area contributed by atoms with Crippen LogP contribution in [0.2, 0.25) is 0 Å². The van der Waals surface area contributed by atoms with Gasteiger partial charge in [0, 0.05) is 6.42 Å². The molecule has 0 fully saturated rings. The van der Waals surface area contributed by atoms with E-state index in [0.717, 1.165) is 0 Å². The van der Waals surface area contributed by atoms with Crippen LogP contribution >= 0.6 is 15.9 Å². The van der Waals surface area contributed by atoms with E-state index < -0.39 is 0 Å². The number of carbonyl (C=O) groups excluding carboxylic acids is 1. The highest BCUT2D eigenvalue weighted by molar-refractivity contribution is 9.10. The number of halogens is 1. The molecule has 0 aromatic rings. The summed E-state index contributed by atoms with van der Waals surface area (Å²) in [6.45, 7) is 3.63. The summed E-state index contributed by atoms with van der Waals surface area (Å²) in [7, 11) is 0. The zero-order valence-electron chi connectivity index (χ0n) is 6.62. The van der Waals surface area contributed by atoms with Gasteiger partial charge in [-0.25, -0.2) is 0 Å². The van der Waals surface area contributed by atoms with Crippen molar-refractivity contribution in [2.75, 3.05) is 6.61 Å². The molecule has 0 bridgehead atoms. The topological polar surface area (TPSA) is 50.1 Å². The molecule has 4 heteroatoms. The number of hydrogen-bond donors (Lipinski definition) is 0. The lowest BCUT2D eigenvalue weighted by molar-refractivity contribution is -0.141. The van der Waals surface area contributed by atoms with Gasteiger partial charge in [0.05, 0.1) is 6.07 Å². The Kier molecular flexibility index (Phi) is 6.39. The molecule has 0 heterocycles. The molecule has 0 saturated heterocycles. The normalized spacial score (nSPS) is 11.3. The first kappa shape index (κ1) is 11.2. The highest BCUT2D eigenvalue weighted by atomic mass is 79.9. The summed E-state index contributed by atoms with van der Waals surface area (Å²) in [6, 6.07) is 1.95. The quantitative estimate of drug-likeness (QED) is 0.412. The van der Waals surface area contributed by atoms with Crippen molar-refractivity contribution in [3.8, 4) is 6.07 Å². The van der Waals surface area contributed by atoms with Crippen LogP contribution in [0.15, 0.2) is 12.7 Å². The van der Waals surface area contributed by atoms with Gasteiger partial charge < -0.3 is 4.74 Å². The number of nitrogens with zero attached hydrogens (tertiary/aromatic N) is 1. The summed E-state index contributed by atoms with van der Waals surface area (Å²) in [6.07, 6.45) is 2.33. The predicted octanol–water partition coefficient (Wildman–Crippen LogP) is 1.78. The van der Waals surface area contributed by atoms with E-state index in [4.69, 9.17) is 10.00 Å². The number of carbonyl (C=O) groups is 1. The first-order valence-corrected chi connectivity index (χ1v) is 4.42. The first-order valence-electron chi connectivity index (χ1n) is 3.51. The lowest BCUT2D eigenvalue weighted by Gasteiger charge is -2.05. The molecule has 1 unspecified atom stereocenters. The smallest absolute Gasteiger partial charge is 0.320 e. The molecule has 0 N–H and O–H groups in total. The lowest BCUT2D eigenvalue weighted by atomic mass is 10.2. The molecule has 0 aromatic heterocycles. The molecule has 1 atom stereocenters. The number of nitriles is 1. The van der Waals surface area contributed by atoms with Gasteiger partial charge in [-0.1, -0.05) is 28.6 Å². The summed E-state index contributed by atoms with van der Waals surface area (Å²) < 4.78 is 4.74. The monoisotopic (exact) mass is 231 g/mol. The van der Waals surface area contributed by atoms with Crippen LogP contribution in [0, 0.1) is 11.3 Å². The average Bonchev–Trinajstić information content (AvgIpc) is 2.10. The van der Waals surface area contributed by atoms with Gasteiger partial charge in [0.1, 0.15) is 11.4 Å². The van der Waals surface area contributed by atoms with Gasteiger partial charge in [0.2, 0.25) is 0 Å². The fourth-order valence-electron chi connectivity index (χ4n) is 0.541. The third-order valence-corrected chi connectivity index (χ3v) is 1.94. The molecule has 0 aromatic carbocycles. The Bertz CT molecular complexity index is 198. The van der Waals surface area contributed by atoms with Crippen LogP contribution in [-0.2, 0) is 9.53 Å². The highest BCUT2D eigenvalue weighted by Crippen LogP contribution is 2.09. The number of rotatable bonds is 5. The van der Waals surface area contributed by atoms with Crippen LogP contribution in [0.25, 0.3) is 0 Å². The Morgan fingerprint density at radius 2 is 2.50 bits per heavy atom. The standard InChI is InChI=1S/C8H10BrNO2/c1-2-6-12-8(11)7(9)4-3-5-10/h2,7H,1,3-4,6H2. The van der Waals surface area contributed by atoms with Crippen molar-refractivity contribution in [1.82, 2.24) is 0 Å². The van der Waals surface area contributed by atoms with Gasteiger partial charge in [-0.3, -0.25) is 4.79 Å². The van der Waals surface area contributed by atoms with E-state index >= 15 is 0 Å². The summed E-state index contributed by atoms with van der Waals surface area (Å²) in [5.41, 5.74) is 0. The average molecular weight is 232 g/mol. The van der Waals surface area contributed by atoms with Gasteiger partial charge in [-0.2, -0.15) is 5.26 Å². The van der Waals surface area contributed by atoms with Gasteiger partial charge in [-0.15, -0.1) is 0 Å². The molecule has 0 radical (unpaired) electrons. The van der Waals surface area contributed by atoms with E-state index in [1.54, 1.807) is 0 Å². The van der Waals surface area contributed by atoms with E-state index in [2.05, 4.69) is 22.5 Å². The zero-order chi connectivity index (χ0) is 9.40. The number of ether oxygens (including phenoxy) is 1. The van der Waals surface area contributed by atoms with E-state index in [1.807, 2.05) is 6.07 Å². The van der Waals surface area contributed by atoms with Gasteiger partial charge in [-0.05, 0) is 6.42 Å². The van der Waals surface area contributed by atoms with E-state index in [-0.39, 0.29) is 17.4 Å². The maximum absolute atomic E-state index is 11.0. The molecular formula is C8H10BrNO2. The third kappa shape index (κ3) is 4.91. The number of hydrogen-bond acceptors (Lipinski definition) is 3. The molecule has 66 valence electrons. The molecular weight excluding hydrogens is 222 g/mol. The Morgan fingerprint density at radius 1 is 1.83 bits per heavy atom. The molecule has 3 nitrogen and oxygen atoms in total. The second kappa shape index (κ2) is 6.86. The van der Waals surface area contributed by atoms with Gasteiger partial charge in [0.25, 0.3) is 0 Å². The van der Waals surface area contributed by atoms with Crippen LogP contribution in [0.3, 0.4) is 0 Å². The maximum Gasteiger partial charge on any atom is 0.320 e. The number of esters is 1.